The third kappa shape index (κ3) is 2.80. The maximum absolute atomic E-state index is 5.54. The number of hydrogen-bond acceptors (Lipinski definition) is 3. The van der Waals surface area contributed by atoms with E-state index in [2.05, 4.69) is 45.7 Å². The zero-order valence-electron chi connectivity index (χ0n) is 15.1. The summed E-state index contributed by atoms with van der Waals surface area (Å²) in [7, 11) is 2.04. The van der Waals surface area contributed by atoms with Crippen LogP contribution in [0.5, 0.6) is 0 Å². The van der Waals surface area contributed by atoms with Gasteiger partial charge < -0.3 is 19.2 Å². The minimum absolute atomic E-state index is 0.0336. The Bertz CT molecular complexity index is 917. The molecule has 1 saturated heterocycles. The van der Waals surface area contributed by atoms with E-state index in [-0.39, 0.29) is 12.1 Å². The summed E-state index contributed by atoms with van der Waals surface area (Å²) in [6.07, 6.45) is 3.55. The van der Waals surface area contributed by atoms with E-state index in [1.54, 1.807) is 6.26 Å². The average molecular weight is 366 g/mol. The first-order valence-electron chi connectivity index (χ1n) is 8.69. The number of pyridine rings is 1. The summed E-state index contributed by atoms with van der Waals surface area (Å²) >= 11 is 5.54. The molecule has 1 fully saturated rings. The molecule has 1 aliphatic rings. The van der Waals surface area contributed by atoms with Crippen molar-refractivity contribution in [1.29, 1.82) is 0 Å². The molecule has 0 spiro atoms. The molecule has 3 aromatic heterocycles. The van der Waals surface area contributed by atoms with Gasteiger partial charge in [0.05, 0.1) is 30.6 Å². The van der Waals surface area contributed by atoms with E-state index >= 15 is 0 Å². The molecule has 0 amide bonds. The highest BCUT2D eigenvalue weighted by Crippen LogP contribution is 2.39. The zero-order chi connectivity index (χ0) is 18.3. The first-order chi connectivity index (χ1) is 12.6. The summed E-state index contributed by atoms with van der Waals surface area (Å²) in [5, 5.41) is 4.19. The predicted molar refractivity (Wildman–Crippen MR) is 105 cm³/mol. The molecule has 3 aromatic rings. The highest BCUT2D eigenvalue weighted by atomic mass is 32.1. The van der Waals surface area contributed by atoms with Gasteiger partial charge in [-0.05, 0) is 62.0 Å². The van der Waals surface area contributed by atoms with Crippen LogP contribution >= 0.6 is 12.2 Å². The molecule has 4 rings (SSSR count). The van der Waals surface area contributed by atoms with Gasteiger partial charge in [-0.1, -0.05) is 6.07 Å². The molecule has 0 unspecified atom stereocenters. The Kier molecular flexibility index (Phi) is 4.28. The summed E-state index contributed by atoms with van der Waals surface area (Å²) < 4.78 is 7.83. The molecule has 0 bridgehead atoms. The van der Waals surface area contributed by atoms with Crippen molar-refractivity contribution in [2.24, 2.45) is 0 Å². The second-order valence-electron chi connectivity index (χ2n) is 6.73. The molecule has 0 radical (unpaired) electrons. The average Bonchev–Trinajstić information content (AvgIpc) is 3.33. The van der Waals surface area contributed by atoms with Crippen LogP contribution in [0.25, 0.3) is 0 Å². The lowest BCUT2D eigenvalue weighted by atomic mass is 9.97. The first-order valence-corrected chi connectivity index (χ1v) is 9.10. The van der Waals surface area contributed by atoms with Crippen molar-refractivity contribution < 1.29 is 4.42 Å². The number of aryl methyl sites for hydroxylation is 1. The van der Waals surface area contributed by atoms with Crippen LogP contribution in [-0.4, -0.2) is 26.6 Å². The number of hydrogen-bond donors (Lipinski definition) is 1. The second-order valence-corrected chi connectivity index (χ2v) is 7.12. The summed E-state index contributed by atoms with van der Waals surface area (Å²) in [6, 6.07) is 12.3. The Morgan fingerprint density at radius 2 is 2.08 bits per heavy atom. The molecule has 134 valence electrons. The topological polar surface area (TPSA) is 46.2 Å². The molecule has 6 heteroatoms. The zero-order valence-corrected chi connectivity index (χ0v) is 16.0. The van der Waals surface area contributed by atoms with Crippen molar-refractivity contribution in [2.45, 2.75) is 32.5 Å². The third-order valence-corrected chi connectivity index (χ3v) is 5.57. The second kappa shape index (κ2) is 6.61. The number of nitrogens with one attached hydrogen (secondary N) is 1. The van der Waals surface area contributed by atoms with Gasteiger partial charge in [-0.15, -0.1) is 0 Å². The number of furan rings is 1. The Balaban J connectivity index is 1.74. The van der Waals surface area contributed by atoms with Crippen molar-refractivity contribution >= 4 is 17.3 Å². The summed E-state index contributed by atoms with van der Waals surface area (Å²) in [6.45, 7) is 5.03. The van der Waals surface area contributed by atoms with Gasteiger partial charge in [-0.3, -0.25) is 4.98 Å². The molecule has 2 atom stereocenters. The van der Waals surface area contributed by atoms with Gasteiger partial charge in [0, 0.05) is 24.6 Å². The molecule has 26 heavy (non-hydrogen) atoms. The fourth-order valence-corrected chi connectivity index (χ4v) is 4.02. The predicted octanol–water partition coefficient (Wildman–Crippen LogP) is 3.74. The van der Waals surface area contributed by atoms with Crippen molar-refractivity contribution in [2.75, 3.05) is 7.05 Å². The molecule has 5 nitrogen and oxygen atoms in total. The molecule has 0 aliphatic carbocycles. The summed E-state index contributed by atoms with van der Waals surface area (Å²) in [5.74, 6) is 0.952. The van der Waals surface area contributed by atoms with Crippen LogP contribution in [0.3, 0.4) is 0 Å². The highest BCUT2D eigenvalue weighted by Gasteiger charge is 2.39. The molecular formula is C20H22N4OS. The van der Waals surface area contributed by atoms with Gasteiger partial charge in [0.1, 0.15) is 5.76 Å². The van der Waals surface area contributed by atoms with Crippen molar-refractivity contribution in [3.63, 3.8) is 0 Å². The lowest BCUT2D eigenvalue weighted by molar-refractivity contribution is 0.366. The quantitative estimate of drug-likeness (QED) is 0.713. The van der Waals surface area contributed by atoms with Gasteiger partial charge in [-0.25, -0.2) is 0 Å². The van der Waals surface area contributed by atoms with E-state index in [1.165, 1.54) is 17.0 Å². The lowest BCUT2D eigenvalue weighted by Gasteiger charge is -2.24. The van der Waals surface area contributed by atoms with Crippen LogP contribution in [0.2, 0.25) is 0 Å². The van der Waals surface area contributed by atoms with E-state index in [0.717, 1.165) is 23.1 Å². The van der Waals surface area contributed by atoms with Crippen molar-refractivity contribution in [3.05, 3.63) is 77.3 Å². The fraction of sp³-hybridized carbons (Fsp3) is 0.300. The molecule has 4 heterocycles. The van der Waals surface area contributed by atoms with E-state index in [0.29, 0.717) is 0 Å². The molecule has 1 N–H and O–H groups in total. The van der Waals surface area contributed by atoms with Crippen LogP contribution in [-0.2, 0) is 6.54 Å². The minimum atomic E-state index is 0.0336. The van der Waals surface area contributed by atoms with Crippen LogP contribution in [0.1, 0.15) is 40.5 Å². The van der Waals surface area contributed by atoms with Gasteiger partial charge in [-0.2, -0.15) is 0 Å². The van der Waals surface area contributed by atoms with Crippen molar-refractivity contribution in [3.8, 4) is 0 Å². The standard InChI is InChI=1S/C20H22N4OS/c1-13-11-16(14(2)24(13)12-15-7-6-10-25-15)19-18(22-20(26)23(19)3)17-8-4-5-9-21-17/h4-11,18-19H,12H2,1-3H3,(H,22,26)/t18-,19-/m0/s1. The Morgan fingerprint density at radius 3 is 2.77 bits per heavy atom. The monoisotopic (exact) mass is 366 g/mol. The third-order valence-electron chi connectivity index (χ3n) is 5.16. The number of aromatic nitrogens is 2. The Morgan fingerprint density at radius 1 is 1.23 bits per heavy atom. The molecule has 0 saturated carbocycles. The smallest absolute Gasteiger partial charge is 0.169 e. The largest absolute Gasteiger partial charge is 0.467 e. The summed E-state index contributed by atoms with van der Waals surface area (Å²) in [5.41, 5.74) is 4.70. The number of thiocarbonyl (C=S) groups is 1. The highest BCUT2D eigenvalue weighted by molar-refractivity contribution is 7.80. The normalized spacial score (nSPS) is 19.8. The molecule has 0 aromatic carbocycles. The molecular weight excluding hydrogens is 344 g/mol. The van der Waals surface area contributed by atoms with Gasteiger partial charge in [0.2, 0.25) is 0 Å². The van der Waals surface area contributed by atoms with Gasteiger partial charge >= 0.3 is 0 Å². The van der Waals surface area contributed by atoms with E-state index in [4.69, 9.17) is 16.6 Å². The van der Waals surface area contributed by atoms with Crippen LogP contribution in [0, 0.1) is 13.8 Å². The number of rotatable bonds is 4. The minimum Gasteiger partial charge on any atom is -0.467 e. The SMILES string of the molecule is Cc1cc([C@H]2[C@H](c3ccccn3)NC(=S)N2C)c(C)n1Cc1ccco1. The number of likely N-dealkylation sites (N-methyl/N-ethyl adjacent to an activating group) is 1. The van der Waals surface area contributed by atoms with Crippen LogP contribution in [0.4, 0.5) is 0 Å². The fourth-order valence-electron chi connectivity index (χ4n) is 3.78. The first kappa shape index (κ1) is 16.8. The Labute approximate surface area is 158 Å². The van der Waals surface area contributed by atoms with E-state index in [9.17, 15) is 0 Å². The van der Waals surface area contributed by atoms with Gasteiger partial charge in [0.15, 0.2) is 5.11 Å². The number of nitrogens with zero attached hydrogens (tertiary/aromatic N) is 3. The van der Waals surface area contributed by atoms with Crippen LogP contribution < -0.4 is 5.32 Å². The Hall–Kier alpha value is -2.60. The van der Waals surface area contributed by atoms with E-state index < -0.39 is 0 Å². The van der Waals surface area contributed by atoms with Crippen LogP contribution in [0.15, 0.2) is 53.3 Å². The lowest BCUT2D eigenvalue weighted by Crippen LogP contribution is -2.25. The van der Waals surface area contributed by atoms with Gasteiger partial charge in [0.25, 0.3) is 0 Å². The molecule has 1 aliphatic heterocycles. The maximum Gasteiger partial charge on any atom is 0.169 e. The van der Waals surface area contributed by atoms with E-state index in [1.807, 2.05) is 37.5 Å². The summed E-state index contributed by atoms with van der Waals surface area (Å²) in [4.78, 5) is 6.69. The van der Waals surface area contributed by atoms with Crippen molar-refractivity contribution in [1.82, 2.24) is 19.8 Å². The maximum atomic E-state index is 5.54.